The van der Waals surface area contributed by atoms with Crippen molar-refractivity contribution in [2.45, 2.75) is 6.92 Å². The van der Waals surface area contributed by atoms with Crippen LogP contribution in [0.15, 0.2) is 30.3 Å². The Labute approximate surface area is 106 Å². The molecule has 0 aliphatic rings. The van der Waals surface area contributed by atoms with Crippen molar-refractivity contribution >= 4 is 23.0 Å². The highest BCUT2D eigenvalue weighted by molar-refractivity contribution is 7.15. The summed E-state index contributed by atoms with van der Waals surface area (Å²) in [5.41, 5.74) is 0.649. The highest BCUT2D eigenvalue weighted by Gasteiger charge is 2.13. The fourth-order valence-electron chi connectivity index (χ4n) is 1.73. The van der Waals surface area contributed by atoms with Crippen molar-refractivity contribution < 1.29 is 9.90 Å². The summed E-state index contributed by atoms with van der Waals surface area (Å²) in [5.74, 6) is -0.457. The summed E-state index contributed by atoms with van der Waals surface area (Å²) in [4.78, 5) is 17.5. The topological polar surface area (TPSA) is 67.5 Å². The summed E-state index contributed by atoms with van der Waals surface area (Å²) in [6, 6.07) is 8.84. The van der Waals surface area contributed by atoms with E-state index in [9.17, 15) is 4.79 Å². The average Bonchev–Trinajstić information content (AvgIpc) is 2.93. The van der Waals surface area contributed by atoms with Gasteiger partial charge in [0.05, 0.1) is 4.88 Å². The van der Waals surface area contributed by atoms with E-state index in [2.05, 4.69) is 10.1 Å². The van der Waals surface area contributed by atoms with Crippen molar-refractivity contribution in [3.8, 4) is 10.7 Å². The van der Waals surface area contributed by atoms with Crippen molar-refractivity contribution in [3.05, 3.63) is 40.9 Å². The van der Waals surface area contributed by atoms with E-state index < -0.39 is 5.97 Å². The Hall–Kier alpha value is -2.21. The molecule has 0 saturated heterocycles. The van der Waals surface area contributed by atoms with E-state index in [0.717, 1.165) is 4.88 Å². The summed E-state index contributed by atoms with van der Waals surface area (Å²) in [6.45, 7) is 2.01. The fraction of sp³-hybridized carbons (Fsp3) is 0.0833. The molecule has 3 heterocycles. The Morgan fingerprint density at radius 1 is 1.33 bits per heavy atom. The second-order valence-corrected chi connectivity index (χ2v) is 5.12. The maximum atomic E-state index is 11.1. The molecule has 5 nitrogen and oxygen atoms in total. The van der Waals surface area contributed by atoms with Crippen LogP contribution < -0.4 is 0 Å². The molecule has 3 aromatic heterocycles. The molecule has 0 amide bonds. The molecule has 3 rings (SSSR count). The zero-order valence-corrected chi connectivity index (χ0v) is 10.3. The SMILES string of the molecule is Cc1ccc(-c2nc3cccc(C(=O)O)n3n2)s1. The number of aromatic carboxylic acids is 1. The van der Waals surface area contributed by atoms with Crippen LogP contribution in [0.25, 0.3) is 16.3 Å². The number of fused-ring (bicyclic) bond motifs is 1. The molecule has 18 heavy (non-hydrogen) atoms. The zero-order valence-electron chi connectivity index (χ0n) is 9.49. The lowest BCUT2D eigenvalue weighted by atomic mass is 10.3. The van der Waals surface area contributed by atoms with Gasteiger partial charge >= 0.3 is 5.97 Å². The third kappa shape index (κ3) is 1.67. The highest BCUT2D eigenvalue weighted by atomic mass is 32.1. The first-order valence-corrected chi connectivity index (χ1v) is 6.13. The number of thiophene rings is 1. The molecule has 0 atom stereocenters. The Kier molecular flexibility index (Phi) is 2.38. The first-order valence-electron chi connectivity index (χ1n) is 5.31. The molecule has 1 N–H and O–H groups in total. The lowest BCUT2D eigenvalue weighted by Crippen LogP contribution is -2.05. The minimum absolute atomic E-state index is 0.111. The van der Waals surface area contributed by atoms with Crippen molar-refractivity contribution in [1.29, 1.82) is 0 Å². The van der Waals surface area contributed by atoms with Crippen LogP contribution in [-0.4, -0.2) is 25.7 Å². The number of rotatable bonds is 2. The van der Waals surface area contributed by atoms with Crippen LogP contribution >= 0.6 is 11.3 Å². The summed E-state index contributed by atoms with van der Waals surface area (Å²) < 4.78 is 1.35. The highest BCUT2D eigenvalue weighted by Crippen LogP contribution is 2.25. The van der Waals surface area contributed by atoms with Gasteiger partial charge in [-0.3, -0.25) is 0 Å². The molecule has 0 bridgehead atoms. The Balaban J connectivity index is 2.22. The number of hydrogen-bond acceptors (Lipinski definition) is 4. The number of aryl methyl sites for hydroxylation is 1. The Bertz CT molecular complexity index is 745. The van der Waals surface area contributed by atoms with Gasteiger partial charge in [0.25, 0.3) is 0 Å². The normalized spacial score (nSPS) is 10.9. The van der Waals surface area contributed by atoms with Gasteiger partial charge in [-0.25, -0.2) is 14.3 Å². The Morgan fingerprint density at radius 3 is 2.83 bits per heavy atom. The number of hydrogen-bond donors (Lipinski definition) is 1. The van der Waals surface area contributed by atoms with E-state index in [1.54, 1.807) is 23.5 Å². The molecule has 0 aliphatic heterocycles. The van der Waals surface area contributed by atoms with Gasteiger partial charge in [0.2, 0.25) is 0 Å². The molecule has 90 valence electrons. The maximum absolute atomic E-state index is 11.1. The number of carboxylic acids is 1. The molecule has 0 aliphatic carbocycles. The summed E-state index contributed by atoms with van der Waals surface area (Å²) in [6.07, 6.45) is 0. The van der Waals surface area contributed by atoms with Crippen molar-refractivity contribution in [1.82, 2.24) is 14.6 Å². The predicted octanol–water partition coefficient (Wildman–Crippen LogP) is 2.46. The number of carboxylic acid groups (broad SMARTS) is 1. The molecule has 3 aromatic rings. The maximum Gasteiger partial charge on any atom is 0.354 e. The summed E-state index contributed by atoms with van der Waals surface area (Å²) >= 11 is 1.58. The number of aromatic nitrogens is 3. The third-order valence-corrected chi connectivity index (χ3v) is 3.54. The third-order valence-electron chi connectivity index (χ3n) is 2.54. The van der Waals surface area contributed by atoms with Crippen LogP contribution in [0.2, 0.25) is 0 Å². The second kappa shape index (κ2) is 3.92. The van der Waals surface area contributed by atoms with Gasteiger partial charge in [-0.2, -0.15) is 0 Å². The van der Waals surface area contributed by atoms with Gasteiger partial charge in [-0.1, -0.05) is 6.07 Å². The van der Waals surface area contributed by atoms with E-state index >= 15 is 0 Å². The van der Waals surface area contributed by atoms with E-state index in [1.807, 2.05) is 19.1 Å². The molecule has 0 saturated carbocycles. The molecule has 0 radical (unpaired) electrons. The van der Waals surface area contributed by atoms with Crippen LogP contribution in [0.3, 0.4) is 0 Å². The lowest BCUT2D eigenvalue weighted by molar-refractivity contribution is 0.0687. The number of pyridine rings is 1. The molecule has 0 fully saturated rings. The first kappa shape index (κ1) is 10.9. The quantitative estimate of drug-likeness (QED) is 0.767. The van der Waals surface area contributed by atoms with Crippen LogP contribution in [0.5, 0.6) is 0 Å². The molecule has 0 spiro atoms. The molecular weight excluding hydrogens is 250 g/mol. The standard InChI is InChI=1S/C12H9N3O2S/c1-7-5-6-9(18-7)11-13-10-4-2-3-8(12(16)17)15(10)14-11/h2-6H,1H3,(H,16,17). The number of nitrogens with zero attached hydrogens (tertiary/aromatic N) is 3. The first-order chi connectivity index (χ1) is 8.65. The van der Waals surface area contributed by atoms with Gasteiger partial charge in [-0.15, -0.1) is 16.4 Å². The average molecular weight is 259 g/mol. The minimum atomic E-state index is -1.01. The monoisotopic (exact) mass is 259 g/mol. The fourth-order valence-corrected chi connectivity index (χ4v) is 2.52. The second-order valence-electron chi connectivity index (χ2n) is 3.83. The van der Waals surface area contributed by atoms with Crippen molar-refractivity contribution in [3.63, 3.8) is 0 Å². The molecule has 0 unspecified atom stereocenters. The Morgan fingerprint density at radius 2 is 2.17 bits per heavy atom. The minimum Gasteiger partial charge on any atom is -0.477 e. The van der Waals surface area contributed by atoms with E-state index in [4.69, 9.17) is 5.11 Å². The molecule has 0 aromatic carbocycles. The zero-order chi connectivity index (χ0) is 12.7. The van der Waals surface area contributed by atoms with Crippen LogP contribution in [0, 0.1) is 6.92 Å². The number of carbonyl (C=O) groups is 1. The van der Waals surface area contributed by atoms with E-state index in [1.165, 1.54) is 15.5 Å². The van der Waals surface area contributed by atoms with Crippen LogP contribution in [0.4, 0.5) is 0 Å². The van der Waals surface area contributed by atoms with Gasteiger partial charge < -0.3 is 5.11 Å². The lowest BCUT2D eigenvalue weighted by Gasteiger charge is -1.96. The van der Waals surface area contributed by atoms with Crippen molar-refractivity contribution in [2.75, 3.05) is 0 Å². The summed E-state index contributed by atoms with van der Waals surface area (Å²) in [7, 11) is 0. The van der Waals surface area contributed by atoms with E-state index in [0.29, 0.717) is 11.5 Å². The van der Waals surface area contributed by atoms with Gasteiger partial charge in [0.1, 0.15) is 0 Å². The van der Waals surface area contributed by atoms with Gasteiger partial charge in [0.15, 0.2) is 17.2 Å². The summed E-state index contributed by atoms with van der Waals surface area (Å²) in [5, 5.41) is 13.3. The molecule has 6 heteroatoms. The van der Waals surface area contributed by atoms with E-state index in [-0.39, 0.29) is 5.69 Å². The van der Waals surface area contributed by atoms with Gasteiger partial charge in [0, 0.05) is 4.88 Å². The van der Waals surface area contributed by atoms with Gasteiger partial charge in [-0.05, 0) is 31.2 Å². The predicted molar refractivity (Wildman–Crippen MR) is 68.0 cm³/mol. The van der Waals surface area contributed by atoms with Crippen molar-refractivity contribution in [2.24, 2.45) is 0 Å². The molecular formula is C12H9N3O2S. The largest absolute Gasteiger partial charge is 0.477 e. The smallest absolute Gasteiger partial charge is 0.354 e. The van der Waals surface area contributed by atoms with Crippen LogP contribution in [-0.2, 0) is 0 Å². The van der Waals surface area contributed by atoms with Crippen LogP contribution in [0.1, 0.15) is 15.4 Å².